The molecular weight excluding hydrogens is 291 g/mol. The van der Waals surface area contributed by atoms with Gasteiger partial charge < -0.3 is 9.64 Å². The number of esters is 1. The fourth-order valence-corrected chi connectivity index (χ4v) is 2.48. The second kappa shape index (κ2) is 5.08. The number of benzene rings is 1. The van der Waals surface area contributed by atoms with Gasteiger partial charge in [-0.2, -0.15) is 5.26 Å². The number of carbonyl (C=O) groups is 2. The summed E-state index contributed by atoms with van der Waals surface area (Å²) in [6.07, 6.45) is 0. The highest BCUT2D eigenvalue weighted by Gasteiger charge is 2.41. The van der Waals surface area contributed by atoms with Crippen LogP contribution in [0.3, 0.4) is 0 Å². The number of hydrogen-bond acceptors (Lipinski definition) is 4. The molecule has 5 nitrogen and oxygen atoms in total. The van der Waals surface area contributed by atoms with E-state index in [0.29, 0.717) is 5.56 Å². The molecule has 19 heavy (non-hydrogen) atoms. The lowest BCUT2D eigenvalue weighted by atomic mass is 10.1. The fraction of sp³-hybridized carbons (Fsp3) is 0.250. The second-order valence-corrected chi connectivity index (χ2v) is 4.67. The van der Waals surface area contributed by atoms with Crippen molar-refractivity contribution in [3.05, 3.63) is 33.3 Å². The third-order valence-corrected chi connectivity index (χ3v) is 3.50. The Kier molecular flexibility index (Phi) is 3.65. The van der Waals surface area contributed by atoms with Crippen molar-refractivity contribution in [2.24, 2.45) is 0 Å². The Hall–Kier alpha value is -1.77. The van der Waals surface area contributed by atoms with Crippen LogP contribution in [0.4, 0.5) is 0 Å². The molecule has 0 fully saturated rings. The van der Waals surface area contributed by atoms with E-state index in [-0.39, 0.29) is 22.2 Å². The fourth-order valence-electron chi connectivity index (χ4n) is 1.97. The first-order chi connectivity index (χ1) is 9.01. The summed E-state index contributed by atoms with van der Waals surface area (Å²) in [5, 5.41) is 9.68. The van der Waals surface area contributed by atoms with Gasteiger partial charge in [-0.1, -0.05) is 23.2 Å². The Balaban J connectivity index is 2.52. The molecule has 0 radical (unpaired) electrons. The van der Waals surface area contributed by atoms with Crippen LogP contribution in [-0.2, 0) is 9.53 Å². The number of carbonyl (C=O) groups excluding carboxylic acids is 2. The van der Waals surface area contributed by atoms with E-state index in [1.54, 1.807) is 0 Å². The Morgan fingerprint density at radius 3 is 2.68 bits per heavy atom. The van der Waals surface area contributed by atoms with Crippen LogP contribution in [0.15, 0.2) is 12.1 Å². The van der Waals surface area contributed by atoms with Gasteiger partial charge >= 0.3 is 5.97 Å². The van der Waals surface area contributed by atoms with Gasteiger partial charge in [0, 0.05) is 10.6 Å². The van der Waals surface area contributed by atoms with Gasteiger partial charge in [0.15, 0.2) is 0 Å². The van der Waals surface area contributed by atoms with E-state index in [4.69, 9.17) is 23.2 Å². The smallest absolute Gasteiger partial charge is 0.325 e. The summed E-state index contributed by atoms with van der Waals surface area (Å²) in [6.45, 7) is -0.325. The topological polar surface area (TPSA) is 70.4 Å². The first kappa shape index (κ1) is 13.7. The summed E-state index contributed by atoms with van der Waals surface area (Å²) >= 11 is 12.0. The maximum atomic E-state index is 12.2. The third-order valence-electron chi connectivity index (χ3n) is 2.85. The van der Waals surface area contributed by atoms with Crippen LogP contribution in [0, 0.1) is 11.3 Å². The van der Waals surface area contributed by atoms with Crippen LogP contribution in [0.25, 0.3) is 0 Å². The molecule has 0 saturated heterocycles. The van der Waals surface area contributed by atoms with Crippen LogP contribution < -0.4 is 0 Å². The van der Waals surface area contributed by atoms with Gasteiger partial charge in [0.2, 0.25) is 0 Å². The molecule has 1 aromatic rings. The Bertz CT molecular complexity index is 610. The van der Waals surface area contributed by atoms with Gasteiger partial charge in [-0.15, -0.1) is 0 Å². The summed E-state index contributed by atoms with van der Waals surface area (Å²) in [5.74, 6) is -1.12. The predicted octanol–water partition coefficient (Wildman–Crippen LogP) is 2.19. The molecule has 0 spiro atoms. The molecule has 1 atom stereocenters. The molecule has 0 N–H and O–H groups in total. The Morgan fingerprint density at radius 2 is 2.11 bits per heavy atom. The van der Waals surface area contributed by atoms with Crippen LogP contribution in [0.1, 0.15) is 22.0 Å². The lowest BCUT2D eigenvalue weighted by Crippen LogP contribution is -2.33. The zero-order valence-electron chi connectivity index (χ0n) is 9.81. The minimum Gasteiger partial charge on any atom is -0.468 e. The van der Waals surface area contributed by atoms with Crippen molar-refractivity contribution in [1.29, 1.82) is 5.26 Å². The highest BCUT2D eigenvalue weighted by molar-refractivity contribution is 6.37. The summed E-state index contributed by atoms with van der Waals surface area (Å²) in [6, 6.07) is 4.01. The van der Waals surface area contributed by atoms with E-state index in [2.05, 4.69) is 4.74 Å². The van der Waals surface area contributed by atoms with Gasteiger partial charge in [-0.05, 0) is 12.1 Å². The van der Waals surface area contributed by atoms with E-state index >= 15 is 0 Å². The lowest BCUT2D eigenvalue weighted by molar-refractivity contribution is -0.141. The van der Waals surface area contributed by atoms with Gasteiger partial charge in [-0.25, -0.2) is 0 Å². The average molecular weight is 299 g/mol. The number of hydrogen-bond donors (Lipinski definition) is 0. The van der Waals surface area contributed by atoms with Crippen LogP contribution in [-0.4, -0.2) is 30.4 Å². The molecular formula is C12H8Cl2N2O3. The molecule has 1 aliphatic rings. The minimum absolute atomic E-state index is 0.171. The molecule has 2 rings (SSSR count). The highest BCUT2D eigenvalue weighted by atomic mass is 35.5. The van der Waals surface area contributed by atoms with E-state index in [1.165, 1.54) is 19.2 Å². The molecule has 1 heterocycles. The number of ether oxygens (including phenoxy) is 1. The van der Waals surface area contributed by atoms with Crippen molar-refractivity contribution in [3.8, 4) is 6.07 Å². The lowest BCUT2D eigenvalue weighted by Gasteiger charge is -2.18. The number of nitriles is 1. The number of fused-ring (bicyclic) bond motifs is 1. The van der Waals surface area contributed by atoms with Gasteiger partial charge in [0.25, 0.3) is 5.91 Å². The predicted molar refractivity (Wildman–Crippen MR) is 67.9 cm³/mol. The van der Waals surface area contributed by atoms with E-state index < -0.39 is 17.9 Å². The standard InChI is InChI=1S/C12H8Cl2N2O3/c1-19-9(17)5-16-8(4-15)10-6(13)2-3-7(14)11(10)12(16)18/h2-3,8H,5H2,1H3. The Morgan fingerprint density at radius 1 is 1.47 bits per heavy atom. The van der Waals surface area contributed by atoms with Crippen molar-refractivity contribution in [2.75, 3.05) is 13.7 Å². The second-order valence-electron chi connectivity index (χ2n) is 3.86. The van der Waals surface area contributed by atoms with Crippen molar-refractivity contribution in [3.63, 3.8) is 0 Å². The van der Waals surface area contributed by atoms with Crippen molar-refractivity contribution in [1.82, 2.24) is 4.90 Å². The molecule has 1 aromatic carbocycles. The number of nitrogens with zero attached hydrogens (tertiary/aromatic N) is 2. The summed E-state index contributed by atoms with van der Waals surface area (Å²) in [5.41, 5.74) is 0.509. The summed E-state index contributed by atoms with van der Waals surface area (Å²) < 4.78 is 4.50. The maximum absolute atomic E-state index is 12.2. The van der Waals surface area contributed by atoms with Crippen LogP contribution >= 0.6 is 23.2 Å². The normalized spacial score (nSPS) is 17.1. The quantitative estimate of drug-likeness (QED) is 0.785. The first-order valence-electron chi connectivity index (χ1n) is 5.26. The first-order valence-corrected chi connectivity index (χ1v) is 6.02. The van der Waals surface area contributed by atoms with Crippen molar-refractivity contribution < 1.29 is 14.3 Å². The van der Waals surface area contributed by atoms with E-state index in [0.717, 1.165) is 4.90 Å². The van der Waals surface area contributed by atoms with Crippen molar-refractivity contribution in [2.45, 2.75) is 6.04 Å². The highest BCUT2D eigenvalue weighted by Crippen LogP contribution is 2.41. The Labute approximate surface area is 119 Å². The van der Waals surface area contributed by atoms with Gasteiger partial charge in [0.05, 0.1) is 23.8 Å². The molecule has 7 heteroatoms. The number of rotatable bonds is 2. The van der Waals surface area contributed by atoms with Gasteiger partial charge in [-0.3, -0.25) is 9.59 Å². The van der Waals surface area contributed by atoms with Gasteiger partial charge in [0.1, 0.15) is 12.6 Å². The minimum atomic E-state index is -0.937. The largest absolute Gasteiger partial charge is 0.468 e. The molecule has 0 saturated carbocycles. The van der Waals surface area contributed by atoms with E-state index in [9.17, 15) is 14.9 Å². The maximum Gasteiger partial charge on any atom is 0.325 e. The van der Waals surface area contributed by atoms with Crippen LogP contribution in [0.5, 0.6) is 0 Å². The molecule has 0 aromatic heterocycles. The molecule has 1 unspecified atom stereocenters. The third kappa shape index (κ3) is 2.14. The molecule has 1 aliphatic heterocycles. The monoisotopic (exact) mass is 298 g/mol. The summed E-state index contributed by atoms with van der Waals surface area (Å²) in [7, 11) is 1.21. The summed E-state index contributed by atoms with van der Waals surface area (Å²) in [4.78, 5) is 24.6. The molecule has 0 aliphatic carbocycles. The zero-order chi connectivity index (χ0) is 14.2. The average Bonchev–Trinajstić information content (AvgIpc) is 2.68. The number of amides is 1. The molecule has 98 valence electrons. The number of halogens is 2. The van der Waals surface area contributed by atoms with Crippen molar-refractivity contribution >= 4 is 35.1 Å². The van der Waals surface area contributed by atoms with E-state index in [1.807, 2.05) is 6.07 Å². The molecule has 0 bridgehead atoms. The van der Waals surface area contributed by atoms with Crippen LogP contribution in [0.2, 0.25) is 10.0 Å². The molecule has 1 amide bonds. The number of methoxy groups -OCH3 is 1. The zero-order valence-corrected chi connectivity index (χ0v) is 11.3. The SMILES string of the molecule is COC(=O)CN1C(=O)c2c(Cl)ccc(Cl)c2C1C#N.